The Labute approximate surface area is 155 Å². The zero-order chi connectivity index (χ0) is 18.2. The first-order valence-electron chi connectivity index (χ1n) is 10.5. The van der Waals surface area contributed by atoms with E-state index < -0.39 is 0 Å². The lowest BCUT2D eigenvalue weighted by Gasteiger charge is -2.36. The molecule has 2 saturated heterocycles. The van der Waals surface area contributed by atoms with Gasteiger partial charge in [0.05, 0.1) is 6.54 Å². The molecule has 25 heavy (non-hydrogen) atoms. The highest BCUT2D eigenvalue weighted by Crippen LogP contribution is 2.18. The van der Waals surface area contributed by atoms with Crippen molar-refractivity contribution in [2.24, 2.45) is 10.9 Å². The van der Waals surface area contributed by atoms with E-state index in [4.69, 9.17) is 4.99 Å². The highest BCUT2D eigenvalue weighted by atomic mass is 15.2. The molecule has 1 unspecified atom stereocenters. The summed E-state index contributed by atoms with van der Waals surface area (Å²) in [4.78, 5) is 10.1. The zero-order valence-corrected chi connectivity index (χ0v) is 17.2. The fraction of sp³-hybridized carbons (Fsp3) is 0.950. The third-order valence-corrected chi connectivity index (χ3v) is 5.90. The number of guanidine groups is 1. The molecule has 0 amide bonds. The van der Waals surface area contributed by atoms with Crippen molar-refractivity contribution in [3.05, 3.63) is 0 Å². The summed E-state index contributed by atoms with van der Waals surface area (Å²) in [5.41, 5.74) is 0. The quantitative estimate of drug-likeness (QED) is 0.570. The van der Waals surface area contributed by atoms with Crippen LogP contribution >= 0.6 is 0 Å². The van der Waals surface area contributed by atoms with Gasteiger partial charge in [-0.15, -0.1) is 0 Å². The van der Waals surface area contributed by atoms with Gasteiger partial charge in [-0.1, -0.05) is 6.92 Å². The van der Waals surface area contributed by atoms with Crippen molar-refractivity contribution in [2.45, 2.75) is 78.4 Å². The number of hydrogen-bond donors (Lipinski definition) is 2. The standard InChI is InChI=1S/C20H41N5/c1-6-21-20(23-19-9-13-24(14-10-19)16(2)3)22-15-18(5)25-11-7-17(4)8-12-25/h16-19H,6-15H2,1-5H3,(H2,21,22,23). The van der Waals surface area contributed by atoms with Crippen molar-refractivity contribution in [1.82, 2.24) is 20.4 Å². The molecule has 0 aromatic carbocycles. The maximum absolute atomic E-state index is 4.89. The maximum atomic E-state index is 4.89. The molecule has 146 valence electrons. The van der Waals surface area contributed by atoms with E-state index in [9.17, 15) is 0 Å². The van der Waals surface area contributed by atoms with Gasteiger partial charge in [0.15, 0.2) is 5.96 Å². The van der Waals surface area contributed by atoms with Crippen molar-refractivity contribution in [1.29, 1.82) is 0 Å². The van der Waals surface area contributed by atoms with Crippen LogP contribution in [0.15, 0.2) is 4.99 Å². The van der Waals surface area contributed by atoms with Gasteiger partial charge in [0, 0.05) is 37.8 Å². The van der Waals surface area contributed by atoms with Crippen LogP contribution in [0.1, 0.15) is 60.3 Å². The lowest BCUT2D eigenvalue weighted by atomic mass is 9.98. The predicted octanol–water partition coefficient (Wildman–Crippen LogP) is 2.53. The first-order chi connectivity index (χ1) is 12.0. The van der Waals surface area contributed by atoms with Crippen LogP contribution in [-0.2, 0) is 0 Å². The Morgan fingerprint density at radius 1 is 1.00 bits per heavy atom. The van der Waals surface area contributed by atoms with Crippen LogP contribution in [0, 0.1) is 5.92 Å². The number of nitrogens with zero attached hydrogens (tertiary/aromatic N) is 3. The average molecular weight is 352 g/mol. The number of hydrogen-bond acceptors (Lipinski definition) is 3. The summed E-state index contributed by atoms with van der Waals surface area (Å²) in [6.45, 7) is 18.1. The van der Waals surface area contributed by atoms with Gasteiger partial charge < -0.3 is 15.5 Å². The van der Waals surface area contributed by atoms with Crippen molar-refractivity contribution in [2.75, 3.05) is 39.3 Å². The van der Waals surface area contributed by atoms with Crippen LogP contribution in [0.4, 0.5) is 0 Å². The largest absolute Gasteiger partial charge is 0.357 e. The molecule has 2 rings (SSSR count). The summed E-state index contributed by atoms with van der Waals surface area (Å²) in [7, 11) is 0. The molecule has 0 bridgehead atoms. The number of aliphatic imine (C=N–C) groups is 1. The van der Waals surface area contributed by atoms with E-state index in [1.54, 1.807) is 0 Å². The van der Waals surface area contributed by atoms with Crippen LogP contribution in [0.5, 0.6) is 0 Å². The molecule has 0 radical (unpaired) electrons. The Kier molecular flexibility index (Phi) is 8.50. The van der Waals surface area contributed by atoms with Gasteiger partial charge >= 0.3 is 0 Å². The van der Waals surface area contributed by atoms with Crippen molar-refractivity contribution >= 4 is 5.96 Å². The Balaban J connectivity index is 1.80. The molecular formula is C20H41N5. The Bertz CT molecular complexity index is 393. The van der Waals surface area contributed by atoms with Crippen LogP contribution in [0.2, 0.25) is 0 Å². The molecule has 5 heteroatoms. The molecule has 2 aliphatic heterocycles. The summed E-state index contributed by atoms with van der Waals surface area (Å²) in [5, 5.41) is 7.11. The molecule has 2 fully saturated rings. The lowest BCUT2D eigenvalue weighted by molar-refractivity contribution is 0.150. The van der Waals surface area contributed by atoms with E-state index in [0.717, 1.165) is 25.0 Å². The highest BCUT2D eigenvalue weighted by molar-refractivity contribution is 5.80. The van der Waals surface area contributed by atoms with Gasteiger partial charge in [-0.3, -0.25) is 9.89 Å². The molecule has 1 atom stereocenters. The number of rotatable bonds is 6. The van der Waals surface area contributed by atoms with Crippen LogP contribution in [0.25, 0.3) is 0 Å². The minimum Gasteiger partial charge on any atom is -0.357 e. The summed E-state index contributed by atoms with van der Waals surface area (Å²) in [5.74, 6) is 1.89. The van der Waals surface area contributed by atoms with Crippen molar-refractivity contribution in [3.8, 4) is 0 Å². The van der Waals surface area contributed by atoms with Crippen LogP contribution in [-0.4, -0.2) is 73.2 Å². The second kappa shape index (κ2) is 10.4. The molecule has 2 N–H and O–H groups in total. The molecular weight excluding hydrogens is 310 g/mol. The topological polar surface area (TPSA) is 42.9 Å². The molecule has 0 aromatic heterocycles. The predicted molar refractivity (Wildman–Crippen MR) is 108 cm³/mol. The molecule has 0 saturated carbocycles. The minimum atomic E-state index is 0.533. The smallest absolute Gasteiger partial charge is 0.191 e. The normalized spacial score (nSPS) is 23.8. The van der Waals surface area contributed by atoms with E-state index in [1.807, 2.05) is 0 Å². The maximum Gasteiger partial charge on any atom is 0.191 e. The number of piperidine rings is 2. The molecule has 5 nitrogen and oxygen atoms in total. The summed E-state index contributed by atoms with van der Waals surface area (Å²) < 4.78 is 0. The van der Waals surface area contributed by atoms with Gasteiger partial charge in [0.2, 0.25) is 0 Å². The van der Waals surface area contributed by atoms with E-state index >= 15 is 0 Å². The second-order valence-electron chi connectivity index (χ2n) is 8.34. The number of nitrogens with one attached hydrogen (secondary N) is 2. The minimum absolute atomic E-state index is 0.533. The van der Waals surface area contributed by atoms with Gasteiger partial charge in [0.1, 0.15) is 0 Å². The Morgan fingerprint density at radius 3 is 2.16 bits per heavy atom. The van der Waals surface area contributed by atoms with E-state index in [0.29, 0.717) is 18.1 Å². The van der Waals surface area contributed by atoms with Gasteiger partial charge in [-0.05, 0) is 72.4 Å². The van der Waals surface area contributed by atoms with Crippen molar-refractivity contribution in [3.63, 3.8) is 0 Å². The first kappa shape index (κ1) is 20.5. The lowest BCUT2D eigenvalue weighted by Crippen LogP contribution is -2.50. The molecule has 0 aliphatic carbocycles. The van der Waals surface area contributed by atoms with Crippen LogP contribution in [0.3, 0.4) is 0 Å². The SMILES string of the molecule is CCNC(=NCC(C)N1CCC(C)CC1)NC1CCN(C(C)C)CC1. The average Bonchev–Trinajstić information content (AvgIpc) is 2.60. The zero-order valence-electron chi connectivity index (χ0n) is 17.2. The van der Waals surface area contributed by atoms with E-state index in [2.05, 4.69) is 55.1 Å². The van der Waals surface area contributed by atoms with Gasteiger partial charge in [0.25, 0.3) is 0 Å². The number of likely N-dealkylation sites (tertiary alicyclic amines) is 2. The fourth-order valence-corrected chi connectivity index (χ4v) is 3.88. The molecule has 0 spiro atoms. The fourth-order valence-electron chi connectivity index (χ4n) is 3.88. The van der Waals surface area contributed by atoms with Gasteiger partial charge in [-0.25, -0.2) is 0 Å². The van der Waals surface area contributed by atoms with Crippen molar-refractivity contribution < 1.29 is 0 Å². The highest BCUT2D eigenvalue weighted by Gasteiger charge is 2.22. The summed E-state index contributed by atoms with van der Waals surface area (Å²) >= 11 is 0. The summed E-state index contributed by atoms with van der Waals surface area (Å²) in [6, 6.07) is 1.75. The van der Waals surface area contributed by atoms with Crippen LogP contribution < -0.4 is 10.6 Å². The molecule has 0 aromatic rings. The first-order valence-corrected chi connectivity index (χ1v) is 10.5. The molecule has 2 heterocycles. The second-order valence-corrected chi connectivity index (χ2v) is 8.34. The molecule has 2 aliphatic rings. The monoisotopic (exact) mass is 351 g/mol. The van der Waals surface area contributed by atoms with E-state index in [-0.39, 0.29) is 0 Å². The van der Waals surface area contributed by atoms with E-state index in [1.165, 1.54) is 51.9 Å². The Morgan fingerprint density at radius 2 is 1.60 bits per heavy atom. The Hall–Kier alpha value is -0.810. The third kappa shape index (κ3) is 6.78. The summed E-state index contributed by atoms with van der Waals surface area (Å²) in [6.07, 6.45) is 5.09. The third-order valence-electron chi connectivity index (χ3n) is 5.90. The van der Waals surface area contributed by atoms with Gasteiger partial charge in [-0.2, -0.15) is 0 Å².